The summed E-state index contributed by atoms with van der Waals surface area (Å²) in [5.41, 5.74) is -2.33. The van der Waals surface area contributed by atoms with Crippen LogP contribution in [0.1, 0.15) is 43.0 Å². The number of hydrogen-bond acceptors (Lipinski definition) is 8. The van der Waals surface area contributed by atoms with E-state index in [4.69, 9.17) is 9.47 Å². The summed E-state index contributed by atoms with van der Waals surface area (Å²) in [6.45, 7) is 0.531. The third-order valence-corrected chi connectivity index (χ3v) is 6.07. The van der Waals surface area contributed by atoms with E-state index >= 15 is 0 Å². The number of ether oxygens (including phenoxy) is 3. The Hall–Kier alpha value is -3.67. The van der Waals surface area contributed by atoms with Gasteiger partial charge in [-0.25, -0.2) is 19.2 Å². The summed E-state index contributed by atoms with van der Waals surface area (Å²) >= 11 is 0. The fraction of sp³-hybridized carbons (Fsp3) is 0.524. The van der Waals surface area contributed by atoms with Crippen LogP contribution < -0.4 is 10.6 Å². The molecule has 2 aliphatic rings. The maximum absolute atomic E-state index is 15.0. The molecule has 2 fully saturated rings. The van der Waals surface area contributed by atoms with E-state index in [9.17, 15) is 35.5 Å². The van der Waals surface area contributed by atoms with E-state index < -0.39 is 55.3 Å². The minimum atomic E-state index is -4.97. The molecule has 18 heteroatoms. The monoisotopic (exact) mass is 567 g/mol. The Labute approximate surface area is 214 Å². The van der Waals surface area contributed by atoms with Gasteiger partial charge >= 0.3 is 18.6 Å². The van der Waals surface area contributed by atoms with E-state index in [2.05, 4.69) is 35.5 Å². The van der Waals surface area contributed by atoms with Crippen molar-refractivity contribution in [3.63, 3.8) is 0 Å². The number of nitrogens with one attached hydrogen (secondary N) is 3. The second-order valence-corrected chi connectivity index (χ2v) is 9.32. The molecule has 3 N–H and O–H groups in total. The highest BCUT2D eigenvalue weighted by atomic mass is 19.4. The SMILES string of the molecule is CC1(NC(=O)O[C@H]2CO[C@@H](c3cc(Nc4nc(C(F)(F)F)cc5nc(COC(F)(F)F)cn45)n[nH]3)[C@H]2F)CC1. The molecule has 3 aromatic rings. The van der Waals surface area contributed by atoms with E-state index in [1.165, 1.54) is 6.07 Å². The number of nitrogens with zero attached hydrogens (tertiary/aromatic N) is 4. The number of aromatic amines is 1. The fourth-order valence-electron chi connectivity index (χ4n) is 3.82. The van der Waals surface area contributed by atoms with Crippen LogP contribution in [0.15, 0.2) is 18.3 Å². The molecule has 4 heterocycles. The number of alkyl halides is 7. The van der Waals surface area contributed by atoms with Crippen molar-refractivity contribution in [3.8, 4) is 0 Å². The number of halogens is 7. The van der Waals surface area contributed by atoms with Crippen molar-refractivity contribution in [1.29, 1.82) is 0 Å². The first-order valence-corrected chi connectivity index (χ1v) is 11.4. The molecule has 1 aliphatic heterocycles. The molecule has 3 atom stereocenters. The molecule has 39 heavy (non-hydrogen) atoms. The molecule has 11 nitrogen and oxygen atoms in total. The Balaban J connectivity index is 1.32. The number of rotatable bonds is 7. The minimum Gasteiger partial charge on any atom is -0.441 e. The van der Waals surface area contributed by atoms with Crippen LogP contribution in [0.2, 0.25) is 0 Å². The molecular formula is C21H20F7N7O4. The van der Waals surface area contributed by atoms with Crippen LogP contribution in [0, 0.1) is 0 Å². The second kappa shape index (κ2) is 9.51. The van der Waals surface area contributed by atoms with Crippen LogP contribution in [-0.4, -0.2) is 61.4 Å². The van der Waals surface area contributed by atoms with Gasteiger partial charge in [0.05, 0.1) is 24.6 Å². The summed E-state index contributed by atoms with van der Waals surface area (Å²) in [7, 11) is 0. The highest BCUT2D eigenvalue weighted by molar-refractivity contribution is 5.69. The first-order valence-electron chi connectivity index (χ1n) is 11.4. The lowest BCUT2D eigenvalue weighted by Crippen LogP contribution is -2.39. The van der Waals surface area contributed by atoms with Crippen LogP contribution in [0.4, 0.5) is 47.3 Å². The molecule has 0 bridgehead atoms. The molecule has 1 aliphatic carbocycles. The van der Waals surface area contributed by atoms with Crippen LogP contribution in [0.25, 0.3) is 5.65 Å². The fourth-order valence-corrected chi connectivity index (χ4v) is 3.82. The number of alkyl carbamates (subject to hydrolysis) is 1. The van der Waals surface area contributed by atoms with Gasteiger partial charge < -0.3 is 20.1 Å². The number of aromatic nitrogens is 5. The smallest absolute Gasteiger partial charge is 0.441 e. The van der Waals surface area contributed by atoms with Crippen molar-refractivity contribution < 1.29 is 49.7 Å². The van der Waals surface area contributed by atoms with Gasteiger partial charge in [-0.15, -0.1) is 13.2 Å². The molecule has 3 aromatic heterocycles. The van der Waals surface area contributed by atoms with E-state index in [1.807, 2.05) is 6.92 Å². The zero-order valence-electron chi connectivity index (χ0n) is 19.9. The molecule has 1 amide bonds. The standard InChI is InChI=1S/C21H20F7N7O4/c1-19(2-3-19)32-18(36)39-11-8-37-16(15(11)22)10-4-13(34-33-10)31-17-30-12(20(23,24)25)5-14-29-9(6-35(14)17)7-38-21(26,27)28/h4-6,11,15-16H,2-3,7-8H2,1H3,(H,32,36)(H2,30,31,33,34)/t11-,15-,16-/m0/s1. The molecule has 212 valence electrons. The van der Waals surface area contributed by atoms with Gasteiger partial charge in [-0.2, -0.15) is 18.3 Å². The summed E-state index contributed by atoms with van der Waals surface area (Å²) in [4.78, 5) is 19.2. The third-order valence-electron chi connectivity index (χ3n) is 6.07. The summed E-state index contributed by atoms with van der Waals surface area (Å²) in [6.07, 6.45) is -12.3. The van der Waals surface area contributed by atoms with Crippen molar-refractivity contribution in [2.45, 2.75) is 62.8 Å². The van der Waals surface area contributed by atoms with Gasteiger partial charge in [-0.05, 0) is 19.8 Å². The highest BCUT2D eigenvalue weighted by Crippen LogP contribution is 2.36. The Bertz CT molecular complexity index is 1370. The third kappa shape index (κ3) is 6.16. The van der Waals surface area contributed by atoms with Gasteiger partial charge in [-0.1, -0.05) is 0 Å². The van der Waals surface area contributed by atoms with Gasteiger partial charge in [0, 0.05) is 23.9 Å². The molecule has 1 saturated carbocycles. The summed E-state index contributed by atoms with van der Waals surface area (Å²) in [5.74, 6) is -0.598. The van der Waals surface area contributed by atoms with Gasteiger partial charge in [0.1, 0.15) is 11.8 Å². The molecule has 0 unspecified atom stereocenters. The van der Waals surface area contributed by atoms with Crippen LogP contribution >= 0.6 is 0 Å². The highest BCUT2D eigenvalue weighted by Gasteiger charge is 2.44. The van der Waals surface area contributed by atoms with E-state index in [-0.39, 0.29) is 35.0 Å². The van der Waals surface area contributed by atoms with Gasteiger partial charge in [0.2, 0.25) is 5.95 Å². The molecular weight excluding hydrogens is 547 g/mol. The average Bonchev–Trinajstić information content (AvgIpc) is 3.18. The van der Waals surface area contributed by atoms with Gasteiger partial charge in [0.15, 0.2) is 23.8 Å². The van der Waals surface area contributed by atoms with E-state index in [0.29, 0.717) is 6.07 Å². The number of H-pyrrole nitrogens is 1. The predicted molar refractivity (Wildman–Crippen MR) is 115 cm³/mol. The number of amides is 1. The molecule has 1 saturated heterocycles. The average molecular weight is 567 g/mol. The first kappa shape index (κ1) is 26.9. The first-order chi connectivity index (χ1) is 18.2. The van der Waals surface area contributed by atoms with E-state index in [0.717, 1.165) is 23.4 Å². The molecule has 0 spiro atoms. The predicted octanol–water partition coefficient (Wildman–Crippen LogP) is 4.31. The van der Waals surface area contributed by atoms with Crippen molar-refractivity contribution in [2.75, 3.05) is 11.9 Å². The number of hydrogen-bond donors (Lipinski definition) is 3. The lowest BCUT2D eigenvalue weighted by Gasteiger charge is -2.17. The number of anilines is 2. The summed E-state index contributed by atoms with van der Waals surface area (Å²) in [6, 6.07) is 1.79. The number of carbonyl (C=O) groups excluding carboxylic acids is 1. The number of imidazole rings is 1. The lowest BCUT2D eigenvalue weighted by molar-refractivity contribution is -0.330. The lowest BCUT2D eigenvalue weighted by atomic mass is 10.1. The molecule has 0 radical (unpaired) electrons. The quantitative estimate of drug-likeness (QED) is 0.361. The molecule has 0 aromatic carbocycles. The Morgan fingerprint density at radius 2 is 1.97 bits per heavy atom. The van der Waals surface area contributed by atoms with Crippen molar-refractivity contribution >= 4 is 23.5 Å². The topological polar surface area (TPSA) is 128 Å². The number of fused-ring (bicyclic) bond motifs is 1. The Morgan fingerprint density at radius 3 is 2.64 bits per heavy atom. The van der Waals surface area contributed by atoms with Crippen LogP contribution in [-0.2, 0) is 27.0 Å². The molecule has 5 rings (SSSR count). The summed E-state index contributed by atoms with van der Waals surface area (Å²) < 4.78 is 108. The van der Waals surface area contributed by atoms with Crippen molar-refractivity contribution in [2.24, 2.45) is 0 Å². The van der Waals surface area contributed by atoms with Crippen LogP contribution in [0.3, 0.4) is 0 Å². The zero-order valence-corrected chi connectivity index (χ0v) is 19.9. The van der Waals surface area contributed by atoms with E-state index in [1.54, 1.807) is 0 Å². The maximum atomic E-state index is 15.0. The Kier molecular flexibility index (Phi) is 6.56. The number of carbonyl (C=O) groups is 1. The second-order valence-electron chi connectivity index (χ2n) is 9.32. The minimum absolute atomic E-state index is 0.0822. The largest absolute Gasteiger partial charge is 0.522 e. The zero-order chi connectivity index (χ0) is 28.2. The Morgan fingerprint density at radius 1 is 1.23 bits per heavy atom. The summed E-state index contributed by atoms with van der Waals surface area (Å²) in [5, 5.41) is 11.5. The van der Waals surface area contributed by atoms with Crippen LogP contribution in [0.5, 0.6) is 0 Å². The maximum Gasteiger partial charge on any atom is 0.522 e. The van der Waals surface area contributed by atoms with Crippen molar-refractivity contribution in [3.05, 3.63) is 35.4 Å². The normalized spacial score (nSPS) is 22.7. The van der Waals surface area contributed by atoms with Crippen molar-refractivity contribution in [1.82, 2.24) is 29.9 Å². The van der Waals surface area contributed by atoms with Gasteiger partial charge in [0.25, 0.3) is 0 Å². The van der Waals surface area contributed by atoms with Gasteiger partial charge in [-0.3, -0.25) is 14.2 Å².